The van der Waals surface area contributed by atoms with Gasteiger partial charge in [-0.1, -0.05) is 35.3 Å². The monoisotopic (exact) mass is 376 g/mol. The van der Waals surface area contributed by atoms with Gasteiger partial charge in [-0.15, -0.1) is 0 Å². The first kappa shape index (κ1) is 17.8. The zero-order valence-electron chi connectivity index (χ0n) is 13.5. The number of benzene rings is 2. The van der Waals surface area contributed by atoms with E-state index in [4.69, 9.17) is 23.2 Å². The van der Waals surface area contributed by atoms with Gasteiger partial charge < -0.3 is 10.2 Å². The van der Waals surface area contributed by atoms with Crippen LogP contribution >= 0.6 is 23.2 Å². The summed E-state index contributed by atoms with van der Waals surface area (Å²) in [5.41, 5.74) is 1.56. The quantitative estimate of drug-likeness (QED) is 0.870. The molecule has 0 spiro atoms. The molecule has 2 amide bonds. The molecule has 130 valence electrons. The first-order valence-electron chi connectivity index (χ1n) is 8.13. The fourth-order valence-electron chi connectivity index (χ4n) is 2.98. The Morgan fingerprint density at radius 3 is 2.24 bits per heavy atom. The summed E-state index contributed by atoms with van der Waals surface area (Å²) < 4.78 is 0. The van der Waals surface area contributed by atoms with Crippen molar-refractivity contribution in [1.82, 2.24) is 4.90 Å². The molecule has 0 aromatic heterocycles. The summed E-state index contributed by atoms with van der Waals surface area (Å²) in [5, 5.41) is 4.10. The van der Waals surface area contributed by atoms with Crippen LogP contribution in [0.15, 0.2) is 48.5 Å². The lowest BCUT2D eigenvalue weighted by Gasteiger charge is -2.24. The Hall–Kier alpha value is -2.04. The minimum absolute atomic E-state index is 0.0453. The highest BCUT2D eigenvalue weighted by atomic mass is 35.5. The Balaban J connectivity index is 1.64. The van der Waals surface area contributed by atoms with E-state index in [0.717, 1.165) is 12.0 Å². The normalized spacial score (nSPS) is 16.7. The fraction of sp³-hybridized carbons (Fsp3) is 0.263. The highest BCUT2D eigenvalue weighted by molar-refractivity contribution is 6.30. The number of anilines is 1. The zero-order chi connectivity index (χ0) is 17.8. The summed E-state index contributed by atoms with van der Waals surface area (Å²) in [4.78, 5) is 26.8. The number of halogens is 2. The number of carbonyl (C=O) groups excluding carboxylic acids is 2. The second kappa shape index (κ2) is 7.89. The average molecular weight is 377 g/mol. The number of nitrogens with one attached hydrogen (secondary N) is 1. The molecule has 0 saturated carbocycles. The van der Waals surface area contributed by atoms with Crippen LogP contribution in [0.1, 0.15) is 18.4 Å². The van der Waals surface area contributed by atoms with Crippen LogP contribution in [0, 0.1) is 0 Å². The van der Waals surface area contributed by atoms with Gasteiger partial charge in [-0.3, -0.25) is 9.59 Å². The van der Waals surface area contributed by atoms with Crippen LogP contribution in [-0.2, 0) is 16.0 Å². The molecular weight excluding hydrogens is 359 g/mol. The molecule has 25 heavy (non-hydrogen) atoms. The fourth-order valence-corrected chi connectivity index (χ4v) is 3.23. The Morgan fingerprint density at radius 1 is 1.00 bits per heavy atom. The number of carbonyl (C=O) groups is 2. The Kier molecular flexibility index (Phi) is 5.61. The predicted octanol–water partition coefficient (Wildman–Crippen LogP) is 4.17. The maximum absolute atomic E-state index is 12.6. The standard InChI is InChI=1S/C19H18Cl2N2O2/c20-14-5-3-13(4-6-14)12-18(24)23-11-1-2-17(23)19(25)22-16-9-7-15(21)8-10-16/h3-10,17H,1-2,11-12H2,(H,22,25)/t17-/m0/s1. The molecule has 0 aliphatic carbocycles. The van der Waals surface area contributed by atoms with Crippen molar-refractivity contribution in [2.75, 3.05) is 11.9 Å². The maximum Gasteiger partial charge on any atom is 0.247 e. The van der Waals surface area contributed by atoms with Crippen LogP contribution in [0.5, 0.6) is 0 Å². The van der Waals surface area contributed by atoms with E-state index in [-0.39, 0.29) is 18.2 Å². The van der Waals surface area contributed by atoms with Gasteiger partial charge >= 0.3 is 0 Å². The molecule has 4 nitrogen and oxygen atoms in total. The van der Waals surface area contributed by atoms with E-state index in [1.807, 2.05) is 12.1 Å². The van der Waals surface area contributed by atoms with E-state index in [1.54, 1.807) is 41.3 Å². The van der Waals surface area contributed by atoms with Gasteiger partial charge in [-0.05, 0) is 54.8 Å². The van der Waals surface area contributed by atoms with E-state index < -0.39 is 6.04 Å². The van der Waals surface area contributed by atoms with Crippen molar-refractivity contribution in [3.05, 3.63) is 64.1 Å². The number of rotatable bonds is 4. The van der Waals surface area contributed by atoms with Crippen molar-refractivity contribution >= 4 is 40.7 Å². The Labute approximate surface area is 156 Å². The van der Waals surface area contributed by atoms with Gasteiger partial charge in [0.05, 0.1) is 6.42 Å². The lowest BCUT2D eigenvalue weighted by molar-refractivity contribution is -0.136. The van der Waals surface area contributed by atoms with Crippen molar-refractivity contribution in [1.29, 1.82) is 0 Å². The molecular formula is C19H18Cl2N2O2. The van der Waals surface area contributed by atoms with E-state index in [2.05, 4.69) is 5.32 Å². The van der Waals surface area contributed by atoms with Crippen molar-refractivity contribution in [2.45, 2.75) is 25.3 Å². The van der Waals surface area contributed by atoms with Gasteiger partial charge in [0, 0.05) is 22.3 Å². The minimum atomic E-state index is -0.435. The van der Waals surface area contributed by atoms with E-state index in [9.17, 15) is 9.59 Å². The number of hydrogen-bond donors (Lipinski definition) is 1. The topological polar surface area (TPSA) is 49.4 Å². The van der Waals surface area contributed by atoms with Crippen LogP contribution in [-0.4, -0.2) is 29.3 Å². The van der Waals surface area contributed by atoms with Crippen LogP contribution in [0.2, 0.25) is 10.0 Å². The smallest absolute Gasteiger partial charge is 0.247 e. The molecule has 1 saturated heterocycles. The number of hydrogen-bond acceptors (Lipinski definition) is 2. The summed E-state index contributed by atoms with van der Waals surface area (Å²) >= 11 is 11.7. The van der Waals surface area contributed by atoms with Crippen LogP contribution in [0.3, 0.4) is 0 Å². The lowest BCUT2D eigenvalue weighted by atomic mass is 10.1. The Morgan fingerprint density at radius 2 is 1.60 bits per heavy atom. The molecule has 1 fully saturated rings. The molecule has 3 rings (SSSR count). The number of amides is 2. The summed E-state index contributed by atoms with van der Waals surface area (Å²) in [6.07, 6.45) is 1.76. The molecule has 1 aliphatic heterocycles. The summed E-state index contributed by atoms with van der Waals surface area (Å²) in [6.45, 7) is 0.602. The summed E-state index contributed by atoms with van der Waals surface area (Å²) in [6, 6.07) is 13.7. The molecule has 0 radical (unpaired) electrons. The molecule has 2 aromatic rings. The molecule has 1 aliphatic rings. The molecule has 0 unspecified atom stereocenters. The van der Waals surface area contributed by atoms with Crippen molar-refractivity contribution in [3.8, 4) is 0 Å². The third kappa shape index (κ3) is 4.53. The molecule has 1 N–H and O–H groups in total. The Bertz CT molecular complexity index is 694. The second-order valence-corrected chi connectivity index (χ2v) is 6.92. The van der Waals surface area contributed by atoms with Crippen molar-refractivity contribution < 1.29 is 9.59 Å². The van der Waals surface area contributed by atoms with Crippen molar-refractivity contribution in [2.24, 2.45) is 0 Å². The summed E-state index contributed by atoms with van der Waals surface area (Å²) in [7, 11) is 0. The highest BCUT2D eigenvalue weighted by Gasteiger charge is 2.33. The SMILES string of the molecule is O=C(Nc1ccc(Cl)cc1)[C@@H]1CCCN1C(=O)Cc1ccc(Cl)cc1. The molecule has 1 heterocycles. The molecule has 1 atom stereocenters. The van der Waals surface area contributed by atoms with Gasteiger partial charge in [0.15, 0.2) is 0 Å². The van der Waals surface area contributed by atoms with Crippen LogP contribution in [0.4, 0.5) is 5.69 Å². The summed E-state index contributed by atoms with van der Waals surface area (Å²) in [5.74, 6) is -0.208. The predicted molar refractivity (Wildman–Crippen MR) is 100.0 cm³/mol. The second-order valence-electron chi connectivity index (χ2n) is 6.04. The third-order valence-electron chi connectivity index (χ3n) is 4.26. The molecule has 2 aromatic carbocycles. The largest absolute Gasteiger partial charge is 0.330 e. The zero-order valence-corrected chi connectivity index (χ0v) is 15.1. The van der Waals surface area contributed by atoms with E-state index in [0.29, 0.717) is 28.7 Å². The lowest BCUT2D eigenvalue weighted by Crippen LogP contribution is -2.43. The van der Waals surface area contributed by atoms with Gasteiger partial charge in [0.25, 0.3) is 0 Å². The van der Waals surface area contributed by atoms with Gasteiger partial charge in [0.2, 0.25) is 11.8 Å². The van der Waals surface area contributed by atoms with E-state index in [1.165, 1.54) is 0 Å². The van der Waals surface area contributed by atoms with Gasteiger partial charge in [0.1, 0.15) is 6.04 Å². The van der Waals surface area contributed by atoms with Crippen LogP contribution < -0.4 is 5.32 Å². The highest BCUT2D eigenvalue weighted by Crippen LogP contribution is 2.21. The first-order valence-corrected chi connectivity index (χ1v) is 8.89. The number of likely N-dealkylation sites (tertiary alicyclic amines) is 1. The average Bonchev–Trinajstić information content (AvgIpc) is 3.09. The molecule has 6 heteroatoms. The van der Waals surface area contributed by atoms with E-state index >= 15 is 0 Å². The third-order valence-corrected chi connectivity index (χ3v) is 4.76. The van der Waals surface area contributed by atoms with Crippen LogP contribution in [0.25, 0.3) is 0 Å². The van der Waals surface area contributed by atoms with Gasteiger partial charge in [-0.2, -0.15) is 0 Å². The maximum atomic E-state index is 12.6. The molecule has 0 bridgehead atoms. The van der Waals surface area contributed by atoms with Crippen molar-refractivity contribution in [3.63, 3.8) is 0 Å². The first-order chi connectivity index (χ1) is 12.0. The minimum Gasteiger partial charge on any atom is -0.330 e. The number of nitrogens with zero attached hydrogens (tertiary/aromatic N) is 1. The van der Waals surface area contributed by atoms with Gasteiger partial charge in [-0.25, -0.2) is 0 Å².